The average Bonchev–Trinajstić information content (AvgIpc) is 2.62. The van der Waals surface area contributed by atoms with Crippen molar-refractivity contribution in [2.45, 2.75) is 76.0 Å². The molecule has 0 spiro atoms. The lowest BCUT2D eigenvalue weighted by Gasteiger charge is -2.53. The Morgan fingerprint density at radius 1 is 1.07 bits per heavy atom. The second-order valence-electron chi connectivity index (χ2n) is 9.10. The Bertz CT molecular complexity index is 769. The monoisotopic (exact) mass is 426 g/mol. The van der Waals surface area contributed by atoms with Crippen molar-refractivity contribution in [3.8, 4) is 5.75 Å². The molecule has 29 heavy (non-hydrogen) atoms. The number of carbonyl (C=O) groups is 2. The first-order chi connectivity index (χ1) is 13.5. The highest BCUT2D eigenvalue weighted by Crippen LogP contribution is 2.47. The first-order valence-electron chi connectivity index (χ1n) is 9.90. The van der Waals surface area contributed by atoms with Gasteiger partial charge in [-0.25, -0.2) is 9.18 Å². The van der Waals surface area contributed by atoms with Crippen molar-refractivity contribution in [1.29, 1.82) is 0 Å². The quantitative estimate of drug-likeness (QED) is 0.734. The molecule has 0 atom stereocenters. The SMILES string of the molecule is CC(C)(C)OC(=O)NC12CCC(NC(=O)COc3ccc(Cl)c(F)c3)(CC1)CC2. The number of nitrogens with one attached hydrogen (secondary N) is 2. The molecule has 2 amide bonds. The van der Waals surface area contributed by atoms with Crippen LogP contribution >= 0.6 is 11.6 Å². The Labute approximate surface area is 175 Å². The highest BCUT2D eigenvalue weighted by molar-refractivity contribution is 6.30. The van der Waals surface area contributed by atoms with Gasteiger partial charge >= 0.3 is 6.09 Å². The fraction of sp³-hybridized carbons (Fsp3) is 0.619. The number of halogens is 2. The number of ether oxygens (including phenoxy) is 2. The zero-order valence-corrected chi connectivity index (χ0v) is 17.8. The summed E-state index contributed by atoms with van der Waals surface area (Å²) in [6.45, 7) is 5.33. The van der Waals surface area contributed by atoms with Gasteiger partial charge in [0.15, 0.2) is 6.61 Å². The van der Waals surface area contributed by atoms with Gasteiger partial charge in [-0.1, -0.05) is 11.6 Å². The van der Waals surface area contributed by atoms with Gasteiger partial charge in [0, 0.05) is 17.1 Å². The average molecular weight is 427 g/mol. The summed E-state index contributed by atoms with van der Waals surface area (Å²) in [6, 6.07) is 4.07. The molecule has 3 aliphatic carbocycles. The molecule has 3 saturated carbocycles. The smallest absolute Gasteiger partial charge is 0.408 e. The van der Waals surface area contributed by atoms with E-state index in [0.717, 1.165) is 44.6 Å². The molecule has 3 aliphatic rings. The van der Waals surface area contributed by atoms with E-state index in [1.807, 2.05) is 20.8 Å². The van der Waals surface area contributed by atoms with Gasteiger partial charge in [0.25, 0.3) is 5.91 Å². The lowest BCUT2D eigenvalue weighted by atomic mass is 9.61. The van der Waals surface area contributed by atoms with Crippen LogP contribution in [0.15, 0.2) is 18.2 Å². The van der Waals surface area contributed by atoms with Crippen LogP contribution in [0.5, 0.6) is 5.75 Å². The van der Waals surface area contributed by atoms with Crippen molar-refractivity contribution in [2.24, 2.45) is 0 Å². The van der Waals surface area contributed by atoms with Crippen LogP contribution in [0.1, 0.15) is 59.3 Å². The summed E-state index contributed by atoms with van der Waals surface area (Å²) >= 11 is 5.64. The summed E-state index contributed by atoms with van der Waals surface area (Å²) < 4.78 is 24.2. The van der Waals surface area contributed by atoms with Crippen molar-refractivity contribution in [2.75, 3.05) is 6.61 Å². The predicted molar refractivity (Wildman–Crippen MR) is 108 cm³/mol. The molecule has 2 N–H and O–H groups in total. The van der Waals surface area contributed by atoms with E-state index in [4.69, 9.17) is 21.1 Å². The minimum absolute atomic E-state index is 0.00794. The molecule has 8 heteroatoms. The molecular formula is C21H28ClFN2O4. The molecule has 3 fully saturated rings. The summed E-state index contributed by atoms with van der Waals surface area (Å²) in [4.78, 5) is 24.6. The van der Waals surface area contributed by atoms with Gasteiger partial charge in [-0.15, -0.1) is 0 Å². The van der Waals surface area contributed by atoms with Gasteiger partial charge in [0.05, 0.1) is 5.02 Å². The van der Waals surface area contributed by atoms with Crippen molar-refractivity contribution < 1.29 is 23.5 Å². The topological polar surface area (TPSA) is 76.7 Å². The zero-order valence-electron chi connectivity index (χ0n) is 17.1. The van der Waals surface area contributed by atoms with Crippen LogP contribution in [0, 0.1) is 5.82 Å². The van der Waals surface area contributed by atoms with E-state index in [9.17, 15) is 14.0 Å². The number of amides is 2. The van der Waals surface area contributed by atoms with E-state index in [2.05, 4.69) is 10.6 Å². The Balaban J connectivity index is 1.49. The third-order valence-corrected chi connectivity index (χ3v) is 5.98. The van der Waals surface area contributed by atoms with Crippen LogP contribution in [-0.4, -0.2) is 35.3 Å². The first-order valence-corrected chi connectivity index (χ1v) is 10.3. The third kappa shape index (κ3) is 5.53. The second-order valence-corrected chi connectivity index (χ2v) is 9.51. The van der Waals surface area contributed by atoms with Gasteiger partial charge in [-0.2, -0.15) is 0 Å². The van der Waals surface area contributed by atoms with E-state index < -0.39 is 11.4 Å². The Morgan fingerprint density at radius 3 is 2.14 bits per heavy atom. The number of rotatable bonds is 5. The van der Waals surface area contributed by atoms with Crippen LogP contribution in [0.2, 0.25) is 5.02 Å². The second kappa shape index (κ2) is 8.01. The van der Waals surface area contributed by atoms with Crippen molar-refractivity contribution >= 4 is 23.6 Å². The summed E-state index contributed by atoms with van der Waals surface area (Å²) in [5, 5.41) is 6.16. The largest absolute Gasteiger partial charge is 0.484 e. The van der Waals surface area contributed by atoms with Crippen LogP contribution in [0.4, 0.5) is 9.18 Å². The summed E-state index contributed by atoms with van der Waals surface area (Å²) in [5.74, 6) is -0.571. The molecular weight excluding hydrogens is 399 g/mol. The minimum atomic E-state index is -0.587. The molecule has 0 saturated heterocycles. The number of hydrogen-bond donors (Lipinski definition) is 2. The number of hydrogen-bond acceptors (Lipinski definition) is 4. The minimum Gasteiger partial charge on any atom is -0.484 e. The maximum Gasteiger partial charge on any atom is 0.408 e. The van der Waals surface area contributed by atoms with Gasteiger partial charge < -0.3 is 20.1 Å². The highest BCUT2D eigenvalue weighted by atomic mass is 35.5. The number of benzene rings is 1. The molecule has 1 aromatic rings. The van der Waals surface area contributed by atoms with Crippen LogP contribution < -0.4 is 15.4 Å². The standard InChI is InChI=1S/C21H28ClFN2O4/c1-19(2,3)29-18(27)25-21-9-6-20(7-10-21,8-11-21)24-17(26)13-28-14-4-5-15(22)16(23)12-14/h4-5,12H,6-11,13H2,1-3H3,(H,24,26)(H,25,27). The normalized spacial score (nSPS) is 26.0. The van der Waals surface area contributed by atoms with Crippen molar-refractivity contribution in [3.05, 3.63) is 29.0 Å². The fourth-order valence-electron chi connectivity index (χ4n) is 4.13. The molecule has 6 nitrogen and oxygen atoms in total. The molecule has 0 unspecified atom stereocenters. The lowest BCUT2D eigenvalue weighted by Crippen LogP contribution is -2.64. The third-order valence-electron chi connectivity index (χ3n) is 5.68. The molecule has 0 aromatic heterocycles. The Hall–Kier alpha value is -2.02. The Morgan fingerprint density at radius 2 is 1.62 bits per heavy atom. The summed E-state index contributed by atoms with van der Waals surface area (Å²) in [6.07, 6.45) is 4.32. The highest BCUT2D eigenvalue weighted by Gasteiger charge is 2.50. The summed E-state index contributed by atoms with van der Waals surface area (Å²) in [7, 11) is 0. The van der Waals surface area contributed by atoms with Gasteiger partial charge in [0.2, 0.25) is 0 Å². The van der Waals surface area contributed by atoms with Gasteiger partial charge in [-0.05, 0) is 71.4 Å². The first kappa shape index (κ1) is 21.7. The Kier molecular flexibility index (Phi) is 5.99. The maximum absolute atomic E-state index is 13.5. The fourth-order valence-corrected chi connectivity index (χ4v) is 4.25. The number of alkyl carbamates (subject to hydrolysis) is 1. The lowest BCUT2D eigenvalue weighted by molar-refractivity contribution is -0.126. The van der Waals surface area contributed by atoms with E-state index in [1.165, 1.54) is 12.1 Å². The zero-order chi connectivity index (χ0) is 21.3. The summed E-state index contributed by atoms with van der Waals surface area (Å²) in [5.41, 5.74) is -1.07. The van der Waals surface area contributed by atoms with Gasteiger partial charge in [0.1, 0.15) is 17.2 Å². The number of carbonyl (C=O) groups excluding carboxylic acids is 2. The predicted octanol–water partition coefficient (Wildman–Crippen LogP) is 4.34. The van der Waals surface area contributed by atoms with Crippen LogP contribution in [0.3, 0.4) is 0 Å². The van der Waals surface area contributed by atoms with E-state index in [-0.39, 0.29) is 40.5 Å². The van der Waals surface area contributed by atoms with Gasteiger partial charge in [-0.3, -0.25) is 4.79 Å². The maximum atomic E-state index is 13.5. The molecule has 2 bridgehead atoms. The number of fused-ring (bicyclic) bond motifs is 3. The molecule has 0 heterocycles. The molecule has 0 aliphatic heterocycles. The van der Waals surface area contributed by atoms with E-state index >= 15 is 0 Å². The van der Waals surface area contributed by atoms with E-state index in [0.29, 0.717) is 0 Å². The van der Waals surface area contributed by atoms with Crippen LogP contribution in [-0.2, 0) is 9.53 Å². The van der Waals surface area contributed by atoms with E-state index in [1.54, 1.807) is 0 Å². The van der Waals surface area contributed by atoms with Crippen molar-refractivity contribution in [3.63, 3.8) is 0 Å². The molecule has 160 valence electrons. The molecule has 1 aromatic carbocycles. The van der Waals surface area contributed by atoms with Crippen molar-refractivity contribution in [1.82, 2.24) is 10.6 Å². The molecule has 0 radical (unpaired) electrons. The van der Waals surface area contributed by atoms with Crippen LogP contribution in [0.25, 0.3) is 0 Å². The molecule has 4 rings (SSSR count).